The minimum Gasteiger partial charge on any atom is -0.459 e. The predicted molar refractivity (Wildman–Crippen MR) is 45.3 cm³/mol. The summed E-state index contributed by atoms with van der Waals surface area (Å²) in [7, 11) is 1.26. The molecule has 0 rings (SSSR count). The topological polar surface area (TPSA) is 46.5 Å². The van der Waals surface area contributed by atoms with Crippen LogP contribution in [-0.4, -0.2) is 24.3 Å². The molecule has 12 heavy (non-hydrogen) atoms. The Morgan fingerprint density at radius 2 is 2.25 bits per heavy atom. The lowest BCUT2D eigenvalue weighted by Crippen LogP contribution is -2.14. The average molecular weight is 170 g/mol. The van der Waals surface area contributed by atoms with E-state index in [1.165, 1.54) is 7.11 Å². The van der Waals surface area contributed by atoms with E-state index in [0.29, 0.717) is 0 Å². The molecule has 0 radical (unpaired) electrons. The molecule has 0 aliphatic carbocycles. The lowest BCUT2D eigenvalue weighted by atomic mass is 10.0. The second-order valence-electron chi connectivity index (χ2n) is 2.59. The van der Waals surface area contributed by atoms with E-state index in [0.717, 1.165) is 6.42 Å². The highest BCUT2D eigenvalue weighted by atomic mass is 16.5. The fourth-order valence-electron chi connectivity index (χ4n) is 0.549. The molecule has 68 valence electrons. The van der Waals surface area contributed by atoms with Crippen LogP contribution >= 0.6 is 0 Å². The van der Waals surface area contributed by atoms with Crippen molar-refractivity contribution in [2.45, 2.75) is 26.4 Å². The summed E-state index contributed by atoms with van der Waals surface area (Å²) in [5, 5.41) is 9.28. The van der Waals surface area contributed by atoms with Gasteiger partial charge in [0, 0.05) is 5.92 Å². The van der Waals surface area contributed by atoms with E-state index in [9.17, 15) is 9.90 Å². The minimum absolute atomic E-state index is 0.0853. The van der Waals surface area contributed by atoms with Crippen molar-refractivity contribution < 1.29 is 14.6 Å². The highest BCUT2D eigenvalue weighted by molar-refractivity contribution is 5.88. The van der Waals surface area contributed by atoms with Crippen molar-refractivity contribution in [3.05, 3.63) is 0 Å². The molecule has 0 aromatic heterocycles. The molecule has 0 saturated carbocycles. The maximum absolute atomic E-state index is 10.5. The van der Waals surface area contributed by atoms with E-state index in [1.54, 1.807) is 0 Å². The summed E-state index contributed by atoms with van der Waals surface area (Å²) in [5.41, 5.74) is 0. The molecule has 0 heterocycles. The second kappa shape index (κ2) is 5.62. The van der Waals surface area contributed by atoms with E-state index in [1.807, 2.05) is 13.8 Å². The number of carbonyl (C=O) groups is 1. The Kier molecular flexibility index (Phi) is 5.14. The first-order valence-electron chi connectivity index (χ1n) is 3.89. The van der Waals surface area contributed by atoms with Crippen molar-refractivity contribution >= 4 is 5.97 Å². The number of aliphatic hydroxyl groups is 1. The number of esters is 1. The molecule has 0 aromatic rings. The highest BCUT2D eigenvalue weighted by Gasteiger charge is 2.08. The molecule has 0 saturated heterocycles. The van der Waals surface area contributed by atoms with Crippen LogP contribution < -0.4 is 0 Å². The predicted octanol–water partition coefficient (Wildman–Crippen LogP) is 0.570. The van der Waals surface area contributed by atoms with Gasteiger partial charge >= 0.3 is 5.97 Å². The first-order chi connectivity index (χ1) is 5.61. The van der Waals surface area contributed by atoms with Gasteiger partial charge < -0.3 is 9.84 Å². The molecule has 0 aliphatic rings. The van der Waals surface area contributed by atoms with Crippen LogP contribution in [0.1, 0.15) is 20.3 Å². The van der Waals surface area contributed by atoms with Gasteiger partial charge in [0.1, 0.15) is 6.10 Å². The Bertz CT molecular complexity index is 200. The zero-order valence-electron chi connectivity index (χ0n) is 7.63. The van der Waals surface area contributed by atoms with Crippen molar-refractivity contribution in [3.8, 4) is 11.8 Å². The summed E-state index contributed by atoms with van der Waals surface area (Å²) in [6, 6.07) is 0. The molecular weight excluding hydrogens is 156 g/mol. The molecule has 0 fully saturated rings. The largest absolute Gasteiger partial charge is 0.459 e. The summed E-state index contributed by atoms with van der Waals surface area (Å²) in [6.45, 7) is 3.82. The smallest absolute Gasteiger partial charge is 0.384 e. The molecule has 2 unspecified atom stereocenters. The van der Waals surface area contributed by atoms with E-state index >= 15 is 0 Å². The van der Waals surface area contributed by atoms with Crippen LogP contribution in [-0.2, 0) is 9.53 Å². The van der Waals surface area contributed by atoms with E-state index in [4.69, 9.17) is 0 Å². The summed E-state index contributed by atoms with van der Waals surface area (Å²) in [6.07, 6.45) is 0.0888. The van der Waals surface area contributed by atoms with Gasteiger partial charge in [-0.05, 0) is 5.92 Å². The zero-order valence-corrected chi connectivity index (χ0v) is 7.63. The average Bonchev–Trinajstić information content (AvgIpc) is 2.11. The highest BCUT2D eigenvalue weighted by Crippen LogP contribution is 2.05. The fourth-order valence-corrected chi connectivity index (χ4v) is 0.549. The van der Waals surface area contributed by atoms with Crippen molar-refractivity contribution in [3.63, 3.8) is 0 Å². The Balaban J connectivity index is 4.02. The third kappa shape index (κ3) is 3.99. The van der Waals surface area contributed by atoms with E-state index in [2.05, 4.69) is 16.6 Å². The number of aliphatic hydroxyl groups excluding tert-OH is 1. The van der Waals surface area contributed by atoms with Crippen LogP contribution in [0.4, 0.5) is 0 Å². The minimum atomic E-state index is -0.742. The van der Waals surface area contributed by atoms with Gasteiger partial charge in [-0.25, -0.2) is 4.79 Å². The van der Waals surface area contributed by atoms with Gasteiger partial charge in [-0.15, -0.1) is 0 Å². The van der Waals surface area contributed by atoms with Crippen LogP contribution in [0.15, 0.2) is 0 Å². The number of hydrogen-bond donors (Lipinski definition) is 1. The van der Waals surface area contributed by atoms with Crippen molar-refractivity contribution in [1.82, 2.24) is 0 Å². The molecule has 3 heteroatoms. The van der Waals surface area contributed by atoms with Crippen LogP contribution in [0, 0.1) is 17.8 Å². The molecule has 2 atom stereocenters. The summed E-state index contributed by atoms with van der Waals surface area (Å²) in [4.78, 5) is 10.5. The first-order valence-corrected chi connectivity index (χ1v) is 3.89. The molecule has 0 bridgehead atoms. The standard InChI is InChI=1S/C9H14O3/c1-4-7(2)8(10)5-6-9(11)12-3/h7-8,10H,4H2,1-3H3. The normalized spacial score (nSPS) is 14.0. The van der Waals surface area contributed by atoms with Gasteiger partial charge in [0.15, 0.2) is 0 Å². The fraction of sp³-hybridized carbons (Fsp3) is 0.667. The lowest BCUT2D eigenvalue weighted by Gasteiger charge is -2.09. The zero-order chi connectivity index (χ0) is 9.56. The number of ether oxygens (including phenoxy) is 1. The molecule has 3 nitrogen and oxygen atoms in total. The van der Waals surface area contributed by atoms with Gasteiger partial charge in [-0.1, -0.05) is 26.2 Å². The van der Waals surface area contributed by atoms with Gasteiger partial charge in [-0.3, -0.25) is 0 Å². The molecule has 0 amide bonds. The van der Waals surface area contributed by atoms with Gasteiger partial charge in [0.2, 0.25) is 0 Å². The number of carbonyl (C=O) groups excluding carboxylic acids is 1. The van der Waals surface area contributed by atoms with Crippen LogP contribution in [0.2, 0.25) is 0 Å². The number of rotatable bonds is 2. The first kappa shape index (κ1) is 11.0. The molecule has 0 aromatic carbocycles. The second-order valence-corrected chi connectivity index (χ2v) is 2.59. The maximum atomic E-state index is 10.5. The van der Waals surface area contributed by atoms with E-state index < -0.39 is 12.1 Å². The van der Waals surface area contributed by atoms with Crippen molar-refractivity contribution in [2.24, 2.45) is 5.92 Å². The monoisotopic (exact) mass is 170 g/mol. The van der Waals surface area contributed by atoms with Crippen molar-refractivity contribution in [2.75, 3.05) is 7.11 Å². The van der Waals surface area contributed by atoms with Crippen LogP contribution in [0.5, 0.6) is 0 Å². The SMILES string of the molecule is CCC(C)C(O)C#CC(=O)OC. The number of methoxy groups -OCH3 is 1. The Morgan fingerprint density at radius 1 is 1.67 bits per heavy atom. The van der Waals surface area contributed by atoms with Crippen LogP contribution in [0.3, 0.4) is 0 Å². The summed E-state index contributed by atoms with van der Waals surface area (Å²) < 4.78 is 4.29. The van der Waals surface area contributed by atoms with Crippen molar-refractivity contribution in [1.29, 1.82) is 0 Å². The Morgan fingerprint density at radius 3 is 2.67 bits per heavy atom. The third-order valence-corrected chi connectivity index (χ3v) is 1.69. The Labute approximate surface area is 72.7 Å². The lowest BCUT2D eigenvalue weighted by molar-refractivity contribution is -0.133. The molecular formula is C9H14O3. The Hall–Kier alpha value is -1.01. The summed E-state index contributed by atoms with van der Waals surface area (Å²) >= 11 is 0. The van der Waals surface area contributed by atoms with E-state index in [-0.39, 0.29) is 5.92 Å². The summed E-state index contributed by atoms with van der Waals surface area (Å²) in [5.74, 6) is 4.07. The number of hydrogen-bond acceptors (Lipinski definition) is 3. The molecule has 0 spiro atoms. The quantitative estimate of drug-likeness (QED) is 0.374. The van der Waals surface area contributed by atoms with Gasteiger partial charge in [-0.2, -0.15) is 0 Å². The van der Waals surface area contributed by atoms with Crippen LogP contribution in [0.25, 0.3) is 0 Å². The third-order valence-electron chi connectivity index (χ3n) is 1.69. The maximum Gasteiger partial charge on any atom is 0.384 e. The molecule has 0 aliphatic heterocycles. The van der Waals surface area contributed by atoms with Gasteiger partial charge in [0.05, 0.1) is 7.11 Å². The van der Waals surface area contributed by atoms with Gasteiger partial charge in [0.25, 0.3) is 0 Å². The molecule has 1 N–H and O–H groups in total.